The van der Waals surface area contributed by atoms with Crippen molar-refractivity contribution in [2.24, 2.45) is 0 Å². The number of ether oxygens (including phenoxy) is 1. The highest BCUT2D eigenvalue weighted by molar-refractivity contribution is 5.99. The Balaban J connectivity index is 2.11. The molecule has 0 bridgehead atoms. The Labute approximate surface area is 138 Å². The molecular weight excluding hydrogens is 312 g/mol. The summed E-state index contributed by atoms with van der Waals surface area (Å²) in [7, 11) is 0. The molecule has 2 aromatic rings. The van der Waals surface area contributed by atoms with Crippen LogP contribution in [0.4, 0.5) is 11.4 Å². The maximum absolute atomic E-state index is 12.2. The van der Waals surface area contributed by atoms with Crippen molar-refractivity contribution in [1.82, 2.24) is 0 Å². The van der Waals surface area contributed by atoms with Crippen molar-refractivity contribution in [3.05, 3.63) is 70.3 Å². The van der Waals surface area contributed by atoms with Gasteiger partial charge in [-0.05, 0) is 24.6 Å². The van der Waals surface area contributed by atoms with Crippen molar-refractivity contribution in [1.29, 1.82) is 0 Å². The van der Waals surface area contributed by atoms with E-state index in [1.165, 1.54) is 24.3 Å². The number of esters is 1. The van der Waals surface area contributed by atoms with Crippen LogP contribution in [0.2, 0.25) is 0 Å². The van der Waals surface area contributed by atoms with E-state index in [1.807, 2.05) is 6.07 Å². The number of hydrogen-bond acceptors (Lipinski definition) is 5. The van der Waals surface area contributed by atoms with Gasteiger partial charge in [-0.3, -0.25) is 14.9 Å². The summed E-state index contributed by atoms with van der Waals surface area (Å²) in [5, 5.41) is 13.6. The maximum Gasteiger partial charge on any atom is 0.345 e. The molecule has 0 aromatic heterocycles. The standard InChI is InChI=1S/C17H16N2O5/c1-2-15(16(20)18-12-8-4-3-5-9-12)24-17(21)13-10-6-7-11-14(13)19(22)23/h3-11,15H,2H2,1H3,(H,18,20). The quantitative estimate of drug-likeness (QED) is 0.499. The van der Waals surface area contributed by atoms with Crippen LogP contribution in [0.3, 0.4) is 0 Å². The van der Waals surface area contributed by atoms with E-state index in [0.717, 1.165) is 0 Å². The lowest BCUT2D eigenvalue weighted by atomic mass is 10.2. The molecule has 1 unspecified atom stereocenters. The normalized spacial score (nSPS) is 11.4. The molecule has 124 valence electrons. The topological polar surface area (TPSA) is 98.5 Å². The van der Waals surface area contributed by atoms with Gasteiger partial charge in [0, 0.05) is 11.8 Å². The van der Waals surface area contributed by atoms with Crippen LogP contribution in [-0.4, -0.2) is 22.9 Å². The Bertz CT molecular complexity index is 746. The molecule has 1 N–H and O–H groups in total. The lowest BCUT2D eigenvalue weighted by molar-refractivity contribution is -0.385. The molecule has 0 aliphatic heterocycles. The van der Waals surface area contributed by atoms with Crippen molar-refractivity contribution in [2.45, 2.75) is 19.4 Å². The summed E-state index contributed by atoms with van der Waals surface area (Å²) in [5.41, 5.74) is 0.0250. The number of hydrogen-bond donors (Lipinski definition) is 1. The summed E-state index contributed by atoms with van der Waals surface area (Å²) in [6.45, 7) is 1.68. The summed E-state index contributed by atoms with van der Waals surface area (Å²) in [6.07, 6.45) is -0.803. The summed E-state index contributed by atoms with van der Waals surface area (Å²) >= 11 is 0. The Morgan fingerprint density at radius 2 is 1.75 bits per heavy atom. The highest BCUT2D eigenvalue weighted by Gasteiger charge is 2.26. The summed E-state index contributed by atoms with van der Waals surface area (Å²) in [5.74, 6) is -1.40. The minimum atomic E-state index is -1.04. The number of para-hydroxylation sites is 2. The van der Waals surface area contributed by atoms with Gasteiger partial charge in [0.05, 0.1) is 4.92 Å². The average Bonchev–Trinajstić information content (AvgIpc) is 2.60. The third-order valence-electron chi connectivity index (χ3n) is 3.27. The molecule has 0 heterocycles. The Hall–Kier alpha value is -3.22. The van der Waals surface area contributed by atoms with E-state index >= 15 is 0 Å². The van der Waals surface area contributed by atoms with Crippen LogP contribution in [0.5, 0.6) is 0 Å². The van der Waals surface area contributed by atoms with Crippen LogP contribution in [0.25, 0.3) is 0 Å². The number of nitro groups is 1. The fraction of sp³-hybridized carbons (Fsp3) is 0.176. The third-order valence-corrected chi connectivity index (χ3v) is 3.27. The second-order valence-electron chi connectivity index (χ2n) is 4.93. The molecule has 0 saturated heterocycles. The van der Waals surface area contributed by atoms with Gasteiger partial charge in [0.2, 0.25) is 0 Å². The lowest BCUT2D eigenvalue weighted by Gasteiger charge is -2.16. The lowest BCUT2D eigenvalue weighted by Crippen LogP contribution is -2.32. The minimum absolute atomic E-state index is 0.187. The van der Waals surface area contributed by atoms with Crippen LogP contribution in [0.1, 0.15) is 23.7 Å². The van der Waals surface area contributed by atoms with E-state index in [9.17, 15) is 19.7 Å². The summed E-state index contributed by atoms with van der Waals surface area (Å²) < 4.78 is 5.16. The summed E-state index contributed by atoms with van der Waals surface area (Å²) in [6, 6.07) is 14.2. The molecule has 0 saturated carbocycles. The molecule has 24 heavy (non-hydrogen) atoms. The highest BCUT2D eigenvalue weighted by atomic mass is 16.6. The summed E-state index contributed by atoms with van der Waals surface area (Å²) in [4.78, 5) is 34.7. The zero-order valence-corrected chi connectivity index (χ0v) is 13.0. The highest BCUT2D eigenvalue weighted by Crippen LogP contribution is 2.20. The van der Waals surface area contributed by atoms with E-state index in [1.54, 1.807) is 31.2 Å². The first-order valence-corrected chi connectivity index (χ1v) is 7.33. The molecule has 0 spiro atoms. The molecule has 1 atom stereocenters. The fourth-order valence-corrected chi connectivity index (χ4v) is 2.06. The number of benzene rings is 2. The molecule has 2 rings (SSSR count). The second kappa shape index (κ2) is 7.87. The monoisotopic (exact) mass is 328 g/mol. The number of amides is 1. The van der Waals surface area contributed by atoms with Crippen molar-refractivity contribution in [2.75, 3.05) is 5.32 Å². The van der Waals surface area contributed by atoms with Crippen LogP contribution in [0, 0.1) is 10.1 Å². The molecule has 1 amide bonds. The van der Waals surface area contributed by atoms with Gasteiger partial charge in [-0.1, -0.05) is 37.3 Å². The van der Waals surface area contributed by atoms with Crippen LogP contribution >= 0.6 is 0 Å². The molecule has 0 aliphatic carbocycles. The van der Waals surface area contributed by atoms with E-state index in [2.05, 4.69) is 5.32 Å². The first-order chi connectivity index (χ1) is 11.5. The van der Waals surface area contributed by atoms with Crippen LogP contribution < -0.4 is 5.32 Å². The zero-order valence-electron chi connectivity index (χ0n) is 13.0. The zero-order chi connectivity index (χ0) is 17.5. The van der Waals surface area contributed by atoms with Gasteiger partial charge in [-0.2, -0.15) is 0 Å². The van der Waals surface area contributed by atoms with Crippen LogP contribution in [0.15, 0.2) is 54.6 Å². The van der Waals surface area contributed by atoms with Crippen molar-refractivity contribution >= 4 is 23.3 Å². The molecule has 7 heteroatoms. The molecule has 0 radical (unpaired) electrons. The second-order valence-corrected chi connectivity index (χ2v) is 4.93. The van der Waals surface area contributed by atoms with Gasteiger partial charge in [-0.25, -0.2) is 4.79 Å². The number of carbonyl (C=O) groups is 2. The van der Waals surface area contributed by atoms with Crippen LogP contribution in [-0.2, 0) is 9.53 Å². The molecule has 0 aliphatic rings. The first-order valence-electron chi connectivity index (χ1n) is 7.33. The Morgan fingerprint density at radius 1 is 1.12 bits per heavy atom. The van der Waals surface area contributed by atoms with Gasteiger partial charge in [0.15, 0.2) is 6.10 Å². The fourth-order valence-electron chi connectivity index (χ4n) is 2.06. The predicted octanol–water partition coefficient (Wildman–Crippen LogP) is 3.17. The van der Waals surface area contributed by atoms with Gasteiger partial charge in [-0.15, -0.1) is 0 Å². The number of carbonyl (C=O) groups excluding carboxylic acids is 2. The van der Waals surface area contributed by atoms with Gasteiger partial charge in [0.1, 0.15) is 5.56 Å². The number of anilines is 1. The smallest absolute Gasteiger partial charge is 0.345 e. The van der Waals surface area contributed by atoms with E-state index < -0.39 is 22.9 Å². The van der Waals surface area contributed by atoms with Crippen molar-refractivity contribution < 1.29 is 19.2 Å². The molecule has 2 aromatic carbocycles. The molecule has 0 fully saturated rings. The number of nitrogens with one attached hydrogen (secondary N) is 1. The average molecular weight is 328 g/mol. The first kappa shape index (κ1) is 17.1. The van der Waals surface area contributed by atoms with E-state index in [4.69, 9.17) is 4.74 Å². The Kier molecular flexibility index (Phi) is 5.62. The van der Waals surface area contributed by atoms with E-state index in [-0.39, 0.29) is 17.7 Å². The largest absolute Gasteiger partial charge is 0.448 e. The number of rotatable bonds is 6. The number of nitrogens with zero attached hydrogens (tertiary/aromatic N) is 1. The molecule has 7 nitrogen and oxygen atoms in total. The van der Waals surface area contributed by atoms with Crippen molar-refractivity contribution in [3.63, 3.8) is 0 Å². The maximum atomic E-state index is 12.2. The van der Waals surface area contributed by atoms with E-state index in [0.29, 0.717) is 5.69 Å². The third kappa shape index (κ3) is 4.16. The van der Waals surface area contributed by atoms with Gasteiger partial charge < -0.3 is 10.1 Å². The molecular formula is C17H16N2O5. The van der Waals surface area contributed by atoms with Gasteiger partial charge >= 0.3 is 5.97 Å². The SMILES string of the molecule is CCC(OC(=O)c1ccccc1[N+](=O)[O-])C(=O)Nc1ccccc1. The van der Waals surface area contributed by atoms with Gasteiger partial charge in [0.25, 0.3) is 11.6 Å². The van der Waals surface area contributed by atoms with Crippen molar-refractivity contribution in [3.8, 4) is 0 Å². The Morgan fingerprint density at radius 3 is 2.38 bits per heavy atom. The minimum Gasteiger partial charge on any atom is -0.448 e. The predicted molar refractivity (Wildman–Crippen MR) is 87.7 cm³/mol. The number of nitro benzene ring substituents is 1.